The normalized spacial score (nSPS) is 17.6. The predicted molar refractivity (Wildman–Crippen MR) is 106 cm³/mol. The zero-order valence-electron chi connectivity index (χ0n) is 16.1. The van der Waals surface area contributed by atoms with Gasteiger partial charge in [-0.15, -0.1) is 0 Å². The van der Waals surface area contributed by atoms with Gasteiger partial charge in [0.2, 0.25) is 5.84 Å². The summed E-state index contributed by atoms with van der Waals surface area (Å²) >= 11 is 5.85. The van der Waals surface area contributed by atoms with Gasteiger partial charge in [-0.05, 0) is 43.7 Å². The minimum absolute atomic E-state index is 0.00435. The van der Waals surface area contributed by atoms with Crippen molar-refractivity contribution in [3.63, 3.8) is 0 Å². The maximum Gasteiger partial charge on any atom is 0.451 e. The van der Waals surface area contributed by atoms with E-state index >= 15 is 0 Å². The van der Waals surface area contributed by atoms with Crippen LogP contribution in [-0.2, 0) is 0 Å². The zero-order valence-corrected chi connectivity index (χ0v) is 16.9. The number of halogens is 5. The van der Waals surface area contributed by atoms with E-state index in [0.717, 1.165) is 25.1 Å². The predicted octanol–water partition coefficient (Wildman–Crippen LogP) is 5.58. The van der Waals surface area contributed by atoms with Gasteiger partial charge in [-0.1, -0.05) is 37.4 Å². The fraction of sp³-hybridized carbons (Fsp3) is 0.450. The molecule has 1 amide bonds. The molecule has 1 aliphatic carbocycles. The maximum absolute atomic E-state index is 13.6. The highest BCUT2D eigenvalue weighted by Gasteiger charge is 2.37. The maximum atomic E-state index is 13.6. The van der Waals surface area contributed by atoms with E-state index in [2.05, 4.69) is 22.0 Å². The third-order valence-corrected chi connectivity index (χ3v) is 5.39. The SMILES string of the molecule is C=N/C(=N\C=C(/C)C(C)(CNC(=O)c1cccc(F)c1Cl)CC1CC1)C(F)(F)F. The lowest BCUT2D eigenvalue weighted by Gasteiger charge is -2.31. The number of hydrogen-bond acceptors (Lipinski definition) is 2. The Morgan fingerprint density at radius 1 is 1.38 bits per heavy atom. The summed E-state index contributed by atoms with van der Waals surface area (Å²) in [6.07, 6.45) is -0.866. The molecular formula is C20H22ClF4N3O. The van der Waals surface area contributed by atoms with Crippen LogP contribution in [0.15, 0.2) is 40.0 Å². The number of carbonyl (C=O) groups is 1. The average molecular weight is 432 g/mol. The first-order valence-electron chi connectivity index (χ1n) is 8.99. The van der Waals surface area contributed by atoms with Crippen LogP contribution in [0.3, 0.4) is 0 Å². The fourth-order valence-corrected chi connectivity index (χ4v) is 3.11. The van der Waals surface area contributed by atoms with E-state index in [0.29, 0.717) is 17.9 Å². The molecule has 0 aromatic heterocycles. The topological polar surface area (TPSA) is 53.8 Å². The van der Waals surface area contributed by atoms with Crippen LogP contribution in [0.2, 0.25) is 5.02 Å². The summed E-state index contributed by atoms with van der Waals surface area (Å²) in [5, 5.41) is 2.44. The molecule has 0 radical (unpaired) electrons. The van der Waals surface area contributed by atoms with Crippen molar-refractivity contribution < 1.29 is 22.4 Å². The van der Waals surface area contributed by atoms with Crippen molar-refractivity contribution in [1.29, 1.82) is 0 Å². The molecule has 1 atom stereocenters. The molecule has 29 heavy (non-hydrogen) atoms. The van der Waals surface area contributed by atoms with Crippen molar-refractivity contribution in [3.8, 4) is 0 Å². The third kappa shape index (κ3) is 6.13. The lowest BCUT2D eigenvalue weighted by atomic mass is 9.78. The molecule has 9 heteroatoms. The summed E-state index contributed by atoms with van der Waals surface area (Å²) in [5.74, 6) is -2.17. The Morgan fingerprint density at radius 3 is 2.59 bits per heavy atom. The van der Waals surface area contributed by atoms with E-state index in [9.17, 15) is 22.4 Å². The minimum atomic E-state index is -4.70. The van der Waals surface area contributed by atoms with E-state index in [-0.39, 0.29) is 17.1 Å². The Kier molecular flexibility index (Phi) is 7.21. The second-order valence-corrected chi connectivity index (χ2v) is 7.79. The summed E-state index contributed by atoms with van der Waals surface area (Å²) in [4.78, 5) is 18.8. The van der Waals surface area contributed by atoms with Crippen LogP contribution in [0.1, 0.15) is 43.5 Å². The van der Waals surface area contributed by atoms with Crippen LogP contribution >= 0.6 is 11.6 Å². The van der Waals surface area contributed by atoms with Gasteiger partial charge in [-0.3, -0.25) is 4.79 Å². The fourth-order valence-electron chi connectivity index (χ4n) is 2.90. The average Bonchev–Trinajstić information content (AvgIpc) is 3.45. The van der Waals surface area contributed by atoms with Crippen molar-refractivity contribution in [1.82, 2.24) is 5.32 Å². The summed E-state index contributed by atoms with van der Waals surface area (Å²) in [5.41, 5.74) is -0.0892. The smallest absolute Gasteiger partial charge is 0.351 e. The summed E-state index contributed by atoms with van der Waals surface area (Å²) in [6.45, 7) is 6.54. The first kappa shape index (κ1) is 23.1. The summed E-state index contributed by atoms with van der Waals surface area (Å²) < 4.78 is 52.0. The molecule has 0 aliphatic heterocycles. The zero-order chi connectivity index (χ0) is 21.8. The van der Waals surface area contributed by atoms with Gasteiger partial charge in [0.15, 0.2) is 0 Å². The molecule has 2 rings (SSSR count). The first-order chi connectivity index (χ1) is 13.5. The van der Waals surface area contributed by atoms with Crippen molar-refractivity contribution in [2.75, 3.05) is 6.54 Å². The molecule has 1 saturated carbocycles. The highest BCUT2D eigenvalue weighted by atomic mass is 35.5. The Labute approximate surface area is 171 Å². The monoisotopic (exact) mass is 431 g/mol. The second-order valence-electron chi connectivity index (χ2n) is 7.41. The molecule has 1 fully saturated rings. The van der Waals surface area contributed by atoms with Crippen molar-refractivity contribution in [2.45, 2.75) is 39.3 Å². The van der Waals surface area contributed by atoms with Crippen LogP contribution in [0.4, 0.5) is 17.6 Å². The van der Waals surface area contributed by atoms with Gasteiger partial charge in [-0.25, -0.2) is 14.4 Å². The molecule has 4 nitrogen and oxygen atoms in total. The lowest BCUT2D eigenvalue weighted by Crippen LogP contribution is -2.37. The van der Waals surface area contributed by atoms with Gasteiger partial charge in [-0.2, -0.15) is 13.2 Å². The quantitative estimate of drug-likeness (QED) is 0.342. The Balaban J connectivity index is 2.21. The van der Waals surface area contributed by atoms with E-state index in [1.165, 1.54) is 12.1 Å². The van der Waals surface area contributed by atoms with E-state index < -0.39 is 29.2 Å². The number of rotatable bonds is 7. The van der Waals surface area contributed by atoms with E-state index in [1.54, 1.807) is 6.92 Å². The lowest BCUT2D eigenvalue weighted by molar-refractivity contribution is -0.0596. The number of amidine groups is 1. The number of hydrogen-bond donors (Lipinski definition) is 1. The van der Waals surface area contributed by atoms with Gasteiger partial charge in [0.25, 0.3) is 5.91 Å². The number of aliphatic imine (C=N–C) groups is 2. The van der Waals surface area contributed by atoms with Gasteiger partial charge in [0, 0.05) is 18.2 Å². The van der Waals surface area contributed by atoms with Gasteiger partial charge < -0.3 is 5.32 Å². The minimum Gasteiger partial charge on any atom is -0.351 e. The van der Waals surface area contributed by atoms with Crippen molar-refractivity contribution >= 4 is 30.1 Å². The van der Waals surface area contributed by atoms with Gasteiger partial charge in [0.1, 0.15) is 5.82 Å². The number of amides is 1. The van der Waals surface area contributed by atoms with Crippen molar-refractivity contribution in [2.24, 2.45) is 21.3 Å². The van der Waals surface area contributed by atoms with Crippen LogP contribution < -0.4 is 5.32 Å². The largest absolute Gasteiger partial charge is 0.451 e. The number of carbonyl (C=O) groups excluding carboxylic acids is 1. The highest BCUT2D eigenvalue weighted by Crippen LogP contribution is 2.43. The number of nitrogens with one attached hydrogen (secondary N) is 1. The van der Waals surface area contributed by atoms with Crippen LogP contribution in [0.5, 0.6) is 0 Å². The molecule has 1 aromatic rings. The molecular weight excluding hydrogens is 410 g/mol. The number of benzene rings is 1. The Morgan fingerprint density at radius 2 is 2.03 bits per heavy atom. The molecule has 1 aliphatic rings. The number of nitrogens with zero attached hydrogens (tertiary/aromatic N) is 2. The van der Waals surface area contributed by atoms with Crippen LogP contribution in [-0.4, -0.2) is 31.2 Å². The molecule has 0 saturated heterocycles. The highest BCUT2D eigenvalue weighted by molar-refractivity contribution is 6.34. The summed E-state index contributed by atoms with van der Waals surface area (Å²) in [7, 11) is 0. The Hall–Kier alpha value is -2.22. The molecule has 1 unspecified atom stereocenters. The van der Waals surface area contributed by atoms with Crippen LogP contribution in [0, 0.1) is 17.2 Å². The van der Waals surface area contributed by atoms with E-state index in [1.807, 2.05) is 6.92 Å². The second kappa shape index (κ2) is 9.07. The standard InChI is InChI=1S/C20H22ClF4N3O/c1-12(10-27-18(26-3)20(23,24)25)19(2,9-13-7-8-13)11-28-17(29)14-5-4-6-15(22)16(14)21/h4-6,10,13H,3,7-9,11H2,1-2H3,(H,28,29)/b12-10+,27-18-. The molecule has 1 N–H and O–H groups in total. The molecule has 1 aromatic carbocycles. The van der Waals surface area contributed by atoms with E-state index in [4.69, 9.17) is 11.6 Å². The molecule has 158 valence electrons. The van der Waals surface area contributed by atoms with Gasteiger partial charge in [0.05, 0.1) is 10.6 Å². The summed E-state index contributed by atoms with van der Waals surface area (Å²) in [6, 6.07) is 3.92. The first-order valence-corrected chi connectivity index (χ1v) is 9.37. The molecule has 0 heterocycles. The van der Waals surface area contributed by atoms with Crippen molar-refractivity contribution in [3.05, 3.63) is 46.4 Å². The molecule has 0 bridgehead atoms. The Bertz CT molecular complexity index is 847. The third-order valence-electron chi connectivity index (χ3n) is 5.01. The molecule has 0 spiro atoms. The van der Waals surface area contributed by atoms with Gasteiger partial charge >= 0.3 is 6.18 Å². The van der Waals surface area contributed by atoms with Crippen LogP contribution in [0.25, 0.3) is 0 Å². The number of alkyl halides is 3.